The molecule has 1 N–H and O–H groups in total. The highest BCUT2D eigenvalue weighted by atomic mass is 16.5. The molecule has 0 saturated heterocycles. The molecule has 2 rings (SSSR count). The lowest BCUT2D eigenvalue weighted by Gasteiger charge is -2.23. The molecule has 0 saturated carbocycles. The Hall–Kier alpha value is -2.81. The highest BCUT2D eigenvalue weighted by molar-refractivity contribution is 5.88. The molecule has 0 aliphatic carbocycles. The summed E-state index contributed by atoms with van der Waals surface area (Å²) >= 11 is 0. The largest absolute Gasteiger partial charge is 0.487 e. The quantitative estimate of drug-likeness (QED) is 0.839. The summed E-state index contributed by atoms with van der Waals surface area (Å²) in [5.74, 6) is -0.722. The van der Waals surface area contributed by atoms with Crippen LogP contribution in [-0.2, 0) is 0 Å². The number of benzene rings is 1. The van der Waals surface area contributed by atoms with Crippen LogP contribution < -0.4 is 4.74 Å². The van der Waals surface area contributed by atoms with Crippen molar-refractivity contribution in [1.29, 1.82) is 5.26 Å². The molecule has 0 radical (unpaired) electrons. The number of nitriles is 1. The Kier molecular flexibility index (Phi) is 5.59. The van der Waals surface area contributed by atoms with E-state index in [9.17, 15) is 15.2 Å². The van der Waals surface area contributed by atoms with E-state index in [0.29, 0.717) is 30.0 Å². The van der Waals surface area contributed by atoms with Crippen molar-refractivity contribution in [3.8, 4) is 17.5 Å². The van der Waals surface area contributed by atoms with Crippen molar-refractivity contribution in [2.24, 2.45) is 5.92 Å². The number of para-hydroxylation sites is 2. The Balaban J connectivity index is 2.45. The highest BCUT2D eigenvalue weighted by Gasteiger charge is 2.23. The number of carboxylic acids is 1. The molecular formula is C18H21N3O3. The summed E-state index contributed by atoms with van der Waals surface area (Å²) in [5, 5.41) is 18.7. The zero-order valence-electron chi connectivity index (χ0n) is 14.1. The van der Waals surface area contributed by atoms with Gasteiger partial charge in [0.15, 0.2) is 5.69 Å². The van der Waals surface area contributed by atoms with E-state index in [1.165, 1.54) is 10.9 Å². The summed E-state index contributed by atoms with van der Waals surface area (Å²) in [4.78, 5) is 15.6. The molecule has 2 atom stereocenters. The first-order valence-corrected chi connectivity index (χ1v) is 7.96. The van der Waals surface area contributed by atoms with E-state index in [2.05, 4.69) is 11.1 Å². The molecule has 1 aromatic heterocycles. The molecule has 1 heterocycles. The molecule has 0 aliphatic heterocycles. The molecule has 1 aromatic carbocycles. The first-order valence-electron chi connectivity index (χ1n) is 7.96. The lowest BCUT2D eigenvalue weighted by molar-refractivity contribution is 0.0687. The smallest absolute Gasteiger partial charge is 0.354 e. The third-order valence-corrected chi connectivity index (χ3v) is 4.01. The van der Waals surface area contributed by atoms with Crippen LogP contribution in [0.1, 0.15) is 42.9 Å². The van der Waals surface area contributed by atoms with Crippen molar-refractivity contribution in [3.63, 3.8) is 0 Å². The Labute approximate surface area is 141 Å². The van der Waals surface area contributed by atoms with Gasteiger partial charge in [0.05, 0.1) is 23.4 Å². The number of aryl methyl sites for hydroxylation is 1. The minimum atomic E-state index is -1.05. The van der Waals surface area contributed by atoms with Crippen LogP contribution in [0.3, 0.4) is 0 Å². The Bertz CT molecular complexity index is 761. The summed E-state index contributed by atoms with van der Waals surface area (Å²) in [5.41, 5.74) is 1.14. The van der Waals surface area contributed by atoms with Crippen molar-refractivity contribution < 1.29 is 14.6 Å². The summed E-state index contributed by atoms with van der Waals surface area (Å²) in [7, 11) is 0. The van der Waals surface area contributed by atoms with Crippen LogP contribution in [0.4, 0.5) is 0 Å². The van der Waals surface area contributed by atoms with Crippen molar-refractivity contribution in [2.75, 3.05) is 0 Å². The van der Waals surface area contributed by atoms with E-state index in [1.807, 2.05) is 26.0 Å². The summed E-state index contributed by atoms with van der Waals surface area (Å²) in [6.07, 6.45) is 2.61. The normalized spacial score (nSPS) is 13.1. The van der Waals surface area contributed by atoms with Gasteiger partial charge in [-0.25, -0.2) is 9.78 Å². The molecular weight excluding hydrogens is 306 g/mol. The van der Waals surface area contributed by atoms with Gasteiger partial charge in [-0.1, -0.05) is 26.0 Å². The summed E-state index contributed by atoms with van der Waals surface area (Å²) in [6, 6.07) is 9.47. The van der Waals surface area contributed by atoms with Gasteiger partial charge in [-0.3, -0.25) is 4.57 Å². The van der Waals surface area contributed by atoms with Gasteiger partial charge in [-0.2, -0.15) is 5.26 Å². The maximum Gasteiger partial charge on any atom is 0.354 e. The van der Waals surface area contributed by atoms with Gasteiger partial charge < -0.3 is 9.84 Å². The molecule has 6 heteroatoms. The average Bonchev–Trinajstić information content (AvgIpc) is 2.97. The van der Waals surface area contributed by atoms with E-state index >= 15 is 0 Å². The molecule has 0 aliphatic rings. The number of ether oxygens (including phenoxy) is 1. The zero-order chi connectivity index (χ0) is 17.7. The summed E-state index contributed by atoms with van der Waals surface area (Å²) in [6.45, 7) is 5.58. The van der Waals surface area contributed by atoms with E-state index in [0.717, 1.165) is 0 Å². The fraction of sp³-hybridized carbons (Fsp3) is 0.389. The Morgan fingerprint density at radius 3 is 2.67 bits per heavy atom. The number of nitrogens with zero attached hydrogens (tertiary/aromatic N) is 3. The van der Waals surface area contributed by atoms with Gasteiger partial charge in [0.2, 0.25) is 0 Å². The second kappa shape index (κ2) is 7.64. The zero-order valence-corrected chi connectivity index (χ0v) is 14.1. The second-order valence-electron chi connectivity index (χ2n) is 5.53. The summed E-state index contributed by atoms with van der Waals surface area (Å²) < 4.78 is 7.58. The minimum absolute atomic E-state index is 0.103. The molecule has 126 valence electrons. The van der Waals surface area contributed by atoms with E-state index in [1.54, 1.807) is 19.1 Å². The standard InChI is InChI=1S/C18H21N3O3/c1-4-13(10-19)15(5-2)24-16-9-7-6-8-14(16)21-11-20-12(3)17(21)18(22)23/h6-9,11,13,15H,4-5H2,1-3H3,(H,22,23). The van der Waals surface area contributed by atoms with Crippen LogP contribution in [-0.4, -0.2) is 26.7 Å². The lowest BCUT2D eigenvalue weighted by atomic mass is 9.99. The molecule has 0 fully saturated rings. The van der Waals surface area contributed by atoms with Gasteiger partial charge in [0, 0.05) is 0 Å². The number of hydrogen-bond donors (Lipinski definition) is 1. The van der Waals surface area contributed by atoms with Crippen molar-refractivity contribution in [1.82, 2.24) is 9.55 Å². The fourth-order valence-corrected chi connectivity index (χ4v) is 2.68. The number of rotatable bonds is 7. The number of carboxylic acid groups (broad SMARTS) is 1. The molecule has 6 nitrogen and oxygen atoms in total. The predicted molar refractivity (Wildman–Crippen MR) is 89.4 cm³/mol. The first-order chi connectivity index (χ1) is 11.5. The number of imidazole rings is 1. The van der Waals surface area contributed by atoms with Crippen molar-refractivity contribution in [3.05, 3.63) is 42.0 Å². The van der Waals surface area contributed by atoms with Gasteiger partial charge in [0.25, 0.3) is 0 Å². The van der Waals surface area contributed by atoms with Crippen LogP contribution in [0.5, 0.6) is 5.75 Å². The Morgan fingerprint density at radius 2 is 2.08 bits per heavy atom. The van der Waals surface area contributed by atoms with Gasteiger partial charge in [-0.05, 0) is 31.9 Å². The molecule has 0 spiro atoms. The third kappa shape index (κ3) is 3.40. The molecule has 24 heavy (non-hydrogen) atoms. The van der Waals surface area contributed by atoms with Crippen LogP contribution >= 0.6 is 0 Å². The lowest BCUT2D eigenvalue weighted by Crippen LogP contribution is -2.25. The topological polar surface area (TPSA) is 88.1 Å². The molecule has 0 bridgehead atoms. The fourth-order valence-electron chi connectivity index (χ4n) is 2.68. The Morgan fingerprint density at radius 1 is 1.38 bits per heavy atom. The monoisotopic (exact) mass is 327 g/mol. The van der Waals surface area contributed by atoms with Gasteiger partial charge >= 0.3 is 5.97 Å². The molecule has 2 aromatic rings. The number of hydrogen-bond acceptors (Lipinski definition) is 4. The predicted octanol–water partition coefficient (Wildman–Crippen LogP) is 3.59. The van der Waals surface area contributed by atoms with Crippen molar-refractivity contribution >= 4 is 5.97 Å². The third-order valence-electron chi connectivity index (χ3n) is 4.01. The average molecular weight is 327 g/mol. The molecule has 2 unspecified atom stereocenters. The minimum Gasteiger partial charge on any atom is -0.487 e. The van der Waals surface area contributed by atoms with Gasteiger partial charge in [0.1, 0.15) is 18.2 Å². The van der Waals surface area contributed by atoms with Gasteiger partial charge in [-0.15, -0.1) is 0 Å². The number of aromatic nitrogens is 2. The van der Waals surface area contributed by atoms with E-state index in [4.69, 9.17) is 4.74 Å². The number of carbonyl (C=O) groups is 1. The van der Waals surface area contributed by atoms with Crippen LogP contribution in [0.2, 0.25) is 0 Å². The second-order valence-corrected chi connectivity index (χ2v) is 5.53. The maximum absolute atomic E-state index is 11.5. The van der Waals surface area contributed by atoms with Crippen LogP contribution in [0.15, 0.2) is 30.6 Å². The van der Waals surface area contributed by atoms with Crippen LogP contribution in [0, 0.1) is 24.2 Å². The van der Waals surface area contributed by atoms with E-state index < -0.39 is 5.97 Å². The highest BCUT2D eigenvalue weighted by Crippen LogP contribution is 2.28. The number of aromatic carboxylic acids is 1. The maximum atomic E-state index is 11.5. The SMILES string of the molecule is CCC(C#N)C(CC)Oc1ccccc1-n1cnc(C)c1C(=O)O. The van der Waals surface area contributed by atoms with Crippen molar-refractivity contribution in [2.45, 2.75) is 39.7 Å². The van der Waals surface area contributed by atoms with E-state index in [-0.39, 0.29) is 17.7 Å². The molecule has 0 amide bonds. The first kappa shape index (κ1) is 17.5. The van der Waals surface area contributed by atoms with Crippen LogP contribution in [0.25, 0.3) is 5.69 Å².